The number of nitrogens with zero attached hydrogens (tertiary/aromatic N) is 1. The van der Waals surface area contributed by atoms with Gasteiger partial charge in [-0.3, -0.25) is 4.79 Å². The summed E-state index contributed by atoms with van der Waals surface area (Å²) in [6, 6.07) is 4.81. The number of nitrogens with two attached hydrogens (primary N) is 1. The van der Waals surface area contributed by atoms with Crippen molar-refractivity contribution >= 4 is 15.9 Å². The zero-order valence-corrected chi connectivity index (χ0v) is 12.2. The summed E-state index contributed by atoms with van der Waals surface area (Å²) in [5, 5.41) is 5.14. The number of hydrogen-bond acceptors (Lipinski definition) is 3. The smallest absolute Gasteiger partial charge is 0.254 e. The third-order valence-electron chi connectivity index (χ3n) is 4.44. The number of benzene rings is 1. The number of hydrogen-bond donors (Lipinski definition) is 1. The molecular formula is C14H18N2O3S. The molecule has 2 aliphatic rings. The molecule has 1 aromatic rings. The number of carbonyl (C=O) groups excluding carboxylic acids is 1. The van der Waals surface area contributed by atoms with E-state index in [1.165, 1.54) is 18.6 Å². The van der Waals surface area contributed by atoms with Gasteiger partial charge in [0.2, 0.25) is 10.0 Å². The minimum Gasteiger partial charge on any atom is -0.335 e. The van der Waals surface area contributed by atoms with Gasteiger partial charge in [0, 0.05) is 18.2 Å². The van der Waals surface area contributed by atoms with E-state index in [9.17, 15) is 13.2 Å². The highest BCUT2D eigenvalue weighted by atomic mass is 32.2. The van der Waals surface area contributed by atoms with Crippen molar-refractivity contribution < 1.29 is 13.2 Å². The summed E-state index contributed by atoms with van der Waals surface area (Å²) in [5.41, 5.74) is 1.23. The van der Waals surface area contributed by atoms with E-state index >= 15 is 0 Å². The van der Waals surface area contributed by atoms with Crippen LogP contribution >= 0.6 is 0 Å². The summed E-state index contributed by atoms with van der Waals surface area (Å²) in [6.45, 7) is 2.61. The van der Waals surface area contributed by atoms with Gasteiger partial charge in [0.05, 0.1) is 4.90 Å². The molecule has 0 radical (unpaired) electrons. The molecule has 20 heavy (non-hydrogen) atoms. The van der Waals surface area contributed by atoms with Crippen molar-refractivity contribution in [2.45, 2.75) is 37.1 Å². The van der Waals surface area contributed by atoms with Crippen molar-refractivity contribution in [1.82, 2.24) is 4.90 Å². The predicted octanol–water partition coefficient (Wildman–Crippen LogP) is 1.27. The molecule has 2 fully saturated rings. The van der Waals surface area contributed by atoms with Crippen molar-refractivity contribution in [1.29, 1.82) is 0 Å². The quantitative estimate of drug-likeness (QED) is 0.892. The van der Waals surface area contributed by atoms with Crippen LogP contribution in [0.2, 0.25) is 0 Å². The van der Waals surface area contributed by atoms with E-state index in [2.05, 4.69) is 0 Å². The first-order valence-corrected chi connectivity index (χ1v) is 8.35. The Hall–Kier alpha value is -1.40. The Morgan fingerprint density at radius 2 is 2.10 bits per heavy atom. The standard InChI is InChI=1S/C14H18N2O3S/c1-9-2-5-12(20(15,18)19)7-13(9)14(17)16-8-10-3-4-11(16)6-10/h2,5,7,10-11H,3-4,6,8H2,1H3,(H2,15,18,19). The number of carbonyl (C=O) groups is 1. The van der Waals surface area contributed by atoms with Crippen LogP contribution in [0.1, 0.15) is 35.2 Å². The first kappa shape index (κ1) is 13.6. The molecule has 2 bridgehead atoms. The first-order chi connectivity index (χ1) is 9.36. The van der Waals surface area contributed by atoms with Crippen molar-refractivity contribution in [2.75, 3.05) is 6.54 Å². The Labute approximate surface area is 118 Å². The van der Waals surface area contributed by atoms with E-state index in [4.69, 9.17) is 5.14 Å². The van der Waals surface area contributed by atoms with Crippen LogP contribution in [0.4, 0.5) is 0 Å². The number of piperidine rings is 1. The van der Waals surface area contributed by atoms with E-state index in [0.717, 1.165) is 24.9 Å². The molecule has 5 nitrogen and oxygen atoms in total. The second-order valence-electron chi connectivity index (χ2n) is 5.81. The molecule has 1 saturated carbocycles. The molecule has 2 unspecified atom stereocenters. The highest BCUT2D eigenvalue weighted by Gasteiger charge is 2.40. The Morgan fingerprint density at radius 3 is 2.65 bits per heavy atom. The molecular weight excluding hydrogens is 276 g/mol. The topological polar surface area (TPSA) is 80.5 Å². The van der Waals surface area contributed by atoms with Crippen molar-refractivity contribution in [3.05, 3.63) is 29.3 Å². The van der Waals surface area contributed by atoms with Crippen molar-refractivity contribution in [3.8, 4) is 0 Å². The third kappa shape index (κ3) is 2.23. The molecule has 1 amide bonds. The van der Waals surface area contributed by atoms with Crippen LogP contribution in [0.15, 0.2) is 23.1 Å². The fourth-order valence-corrected chi connectivity index (χ4v) is 3.88. The van der Waals surface area contributed by atoms with Crippen LogP contribution in [0.3, 0.4) is 0 Å². The lowest BCUT2D eigenvalue weighted by molar-refractivity contribution is 0.0702. The van der Waals surface area contributed by atoms with Gasteiger partial charge >= 0.3 is 0 Å². The van der Waals surface area contributed by atoms with Gasteiger partial charge in [-0.25, -0.2) is 13.6 Å². The van der Waals surface area contributed by atoms with E-state index in [1.54, 1.807) is 6.07 Å². The minimum absolute atomic E-state index is 0.00388. The van der Waals surface area contributed by atoms with Crippen molar-refractivity contribution in [3.63, 3.8) is 0 Å². The number of rotatable bonds is 2. The molecule has 1 saturated heterocycles. The highest BCUT2D eigenvalue weighted by molar-refractivity contribution is 7.89. The van der Waals surface area contributed by atoms with Crippen LogP contribution in [0, 0.1) is 12.8 Å². The van der Waals surface area contributed by atoms with Gasteiger partial charge in [-0.05, 0) is 49.8 Å². The number of amides is 1. The zero-order valence-electron chi connectivity index (χ0n) is 11.4. The summed E-state index contributed by atoms with van der Waals surface area (Å²) in [7, 11) is -3.78. The second kappa shape index (κ2) is 4.56. The van der Waals surface area contributed by atoms with Gasteiger partial charge in [-0.15, -0.1) is 0 Å². The molecule has 1 heterocycles. The van der Waals surface area contributed by atoms with E-state index in [-0.39, 0.29) is 10.8 Å². The Balaban J connectivity index is 1.95. The van der Waals surface area contributed by atoms with E-state index < -0.39 is 10.0 Å². The van der Waals surface area contributed by atoms with Crippen LogP contribution in [-0.4, -0.2) is 31.8 Å². The van der Waals surface area contributed by atoms with Gasteiger partial charge in [0.25, 0.3) is 5.91 Å². The van der Waals surface area contributed by atoms with Crippen LogP contribution in [0.25, 0.3) is 0 Å². The molecule has 0 spiro atoms. The SMILES string of the molecule is Cc1ccc(S(N)(=O)=O)cc1C(=O)N1CC2CCC1C2. The maximum atomic E-state index is 12.6. The Kier molecular flexibility index (Phi) is 3.10. The van der Waals surface area contributed by atoms with Gasteiger partial charge in [0.1, 0.15) is 0 Å². The summed E-state index contributed by atoms with van der Waals surface area (Å²) in [5.74, 6) is 0.547. The van der Waals surface area contributed by atoms with Gasteiger partial charge in [-0.1, -0.05) is 6.07 Å². The van der Waals surface area contributed by atoms with Crippen molar-refractivity contribution in [2.24, 2.45) is 11.1 Å². The number of primary sulfonamides is 1. The lowest BCUT2D eigenvalue weighted by atomic mass is 10.1. The number of aryl methyl sites for hydroxylation is 1. The second-order valence-corrected chi connectivity index (χ2v) is 7.37. The predicted molar refractivity (Wildman–Crippen MR) is 74.7 cm³/mol. The largest absolute Gasteiger partial charge is 0.335 e. The fraction of sp³-hybridized carbons (Fsp3) is 0.500. The summed E-state index contributed by atoms with van der Waals surface area (Å²) < 4.78 is 22.8. The average molecular weight is 294 g/mol. The molecule has 1 aliphatic heterocycles. The Morgan fingerprint density at radius 1 is 1.35 bits per heavy atom. The maximum absolute atomic E-state index is 12.6. The van der Waals surface area contributed by atoms with Gasteiger partial charge in [-0.2, -0.15) is 0 Å². The molecule has 0 aromatic heterocycles. The van der Waals surface area contributed by atoms with E-state index in [0.29, 0.717) is 17.5 Å². The lowest BCUT2D eigenvalue weighted by Gasteiger charge is -2.27. The number of fused-ring (bicyclic) bond motifs is 2. The number of sulfonamides is 1. The summed E-state index contributed by atoms with van der Waals surface area (Å²) >= 11 is 0. The zero-order chi connectivity index (χ0) is 14.5. The maximum Gasteiger partial charge on any atom is 0.254 e. The molecule has 2 atom stereocenters. The monoisotopic (exact) mass is 294 g/mol. The molecule has 1 aliphatic carbocycles. The van der Waals surface area contributed by atoms with Crippen LogP contribution in [0.5, 0.6) is 0 Å². The van der Waals surface area contributed by atoms with Crippen LogP contribution < -0.4 is 5.14 Å². The fourth-order valence-electron chi connectivity index (χ4n) is 3.34. The molecule has 3 rings (SSSR count). The first-order valence-electron chi connectivity index (χ1n) is 6.80. The summed E-state index contributed by atoms with van der Waals surface area (Å²) in [6.07, 6.45) is 3.34. The summed E-state index contributed by atoms with van der Waals surface area (Å²) in [4.78, 5) is 14.5. The molecule has 1 aromatic carbocycles. The third-order valence-corrected chi connectivity index (χ3v) is 5.35. The molecule has 6 heteroatoms. The van der Waals surface area contributed by atoms with E-state index in [1.807, 2.05) is 11.8 Å². The average Bonchev–Trinajstić information content (AvgIpc) is 2.99. The van der Waals surface area contributed by atoms with Gasteiger partial charge in [0.15, 0.2) is 0 Å². The number of likely N-dealkylation sites (tertiary alicyclic amines) is 1. The van der Waals surface area contributed by atoms with Gasteiger partial charge < -0.3 is 4.90 Å². The highest BCUT2D eigenvalue weighted by Crippen LogP contribution is 2.38. The lowest BCUT2D eigenvalue weighted by Crippen LogP contribution is -2.38. The normalized spacial score (nSPS) is 25.2. The molecule has 108 valence electrons. The van der Waals surface area contributed by atoms with Crippen LogP contribution in [-0.2, 0) is 10.0 Å². The Bertz CT molecular complexity index is 669. The molecule has 2 N–H and O–H groups in total. The minimum atomic E-state index is -3.78.